The predicted molar refractivity (Wildman–Crippen MR) is 84.4 cm³/mol. The van der Waals surface area contributed by atoms with E-state index in [2.05, 4.69) is 34.1 Å². The van der Waals surface area contributed by atoms with Crippen molar-refractivity contribution in [2.45, 2.75) is 27.0 Å². The molecule has 0 spiro atoms. The Morgan fingerprint density at radius 1 is 1.14 bits per heavy atom. The summed E-state index contributed by atoms with van der Waals surface area (Å²) >= 11 is 1.50. The molecule has 0 aliphatic rings. The van der Waals surface area contributed by atoms with Gasteiger partial charge in [0.25, 0.3) is 0 Å². The van der Waals surface area contributed by atoms with Gasteiger partial charge in [-0.1, -0.05) is 12.1 Å². The van der Waals surface area contributed by atoms with Crippen LogP contribution < -0.4 is 5.32 Å². The Kier molecular flexibility index (Phi) is 3.81. The Hall–Kier alpha value is -2.05. The van der Waals surface area contributed by atoms with Crippen LogP contribution in [0.1, 0.15) is 22.3 Å². The molecule has 108 valence electrons. The molecule has 3 aromatic rings. The molecule has 0 amide bonds. The molecule has 3 rings (SSSR count). The zero-order valence-electron chi connectivity index (χ0n) is 11.9. The largest absolute Gasteiger partial charge is 0.392 e. The maximum Gasteiger partial charge on any atom is 0.157 e. The van der Waals surface area contributed by atoms with Crippen LogP contribution in [0, 0.1) is 13.8 Å². The van der Waals surface area contributed by atoms with E-state index in [1.807, 2.05) is 12.1 Å². The summed E-state index contributed by atoms with van der Waals surface area (Å²) in [5.74, 6) is 0.756. The van der Waals surface area contributed by atoms with Crippen LogP contribution in [-0.2, 0) is 13.2 Å². The number of benzene rings is 1. The first-order valence-corrected chi connectivity index (χ1v) is 7.55. The molecule has 2 N–H and O–H groups in total. The van der Waals surface area contributed by atoms with Crippen molar-refractivity contribution < 1.29 is 5.11 Å². The number of aromatic nitrogens is 3. The van der Waals surface area contributed by atoms with Gasteiger partial charge in [-0.05, 0) is 36.1 Å². The molecule has 0 saturated carbocycles. The highest BCUT2D eigenvalue weighted by atomic mass is 32.1. The van der Waals surface area contributed by atoms with Crippen LogP contribution in [0.25, 0.3) is 10.3 Å². The minimum absolute atomic E-state index is 0.0702. The lowest BCUT2D eigenvalue weighted by Gasteiger charge is -2.13. The van der Waals surface area contributed by atoms with Gasteiger partial charge in [-0.15, -0.1) is 11.3 Å². The van der Waals surface area contributed by atoms with E-state index in [4.69, 9.17) is 0 Å². The lowest BCUT2D eigenvalue weighted by Crippen LogP contribution is -2.06. The fourth-order valence-corrected chi connectivity index (χ4v) is 3.08. The molecule has 0 unspecified atom stereocenters. The molecular formula is C15H16N4OS. The zero-order valence-corrected chi connectivity index (χ0v) is 12.7. The number of fused-ring (bicyclic) bond motifs is 1. The molecule has 0 aliphatic heterocycles. The smallest absolute Gasteiger partial charge is 0.157 e. The quantitative estimate of drug-likeness (QED) is 0.775. The maximum atomic E-state index is 9.24. The van der Waals surface area contributed by atoms with Crippen molar-refractivity contribution in [2.75, 3.05) is 5.32 Å². The summed E-state index contributed by atoms with van der Waals surface area (Å²) in [6, 6.07) is 4.03. The molecule has 6 heteroatoms. The summed E-state index contributed by atoms with van der Waals surface area (Å²) in [5, 5.41) is 12.6. The molecule has 0 atom stereocenters. The van der Waals surface area contributed by atoms with Gasteiger partial charge in [-0.3, -0.25) is 0 Å². The first kappa shape index (κ1) is 13.9. The Balaban J connectivity index is 1.87. The summed E-state index contributed by atoms with van der Waals surface area (Å²) < 4.78 is 0. The monoisotopic (exact) mass is 300 g/mol. The van der Waals surface area contributed by atoms with Crippen LogP contribution in [0.2, 0.25) is 0 Å². The van der Waals surface area contributed by atoms with Crippen molar-refractivity contribution in [3.63, 3.8) is 0 Å². The number of rotatable bonds is 4. The van der Waals surface area contributed by atoms with E-state index in [0.717, 1.165) is 32.9 Å². The second-order valence-corrected chi connectivity index (χ2v) is 5.78. The normalized spacial score (nSPS) is 11.0. The van der Waals surface area contributed by atoms with E-state index in [1.54, 1.807) is 11.8 Å². The average molecular weight is 300 g/mol. The number of aliphatic hydroxyl groups is 1. The van der Waals surface area contributed by atoms with Crippen molar-refractivity contribution in [1.82, 2.24) is 15.0 Å². The van der Waals surface area contributed by atoms with Gasteiger partial charge in [-0.25, -0.2) is 15.0 Å². The fourth-order valence-electron chi connectivity index (χ4n) is 2.45. The van der Waals surface area contributed by atoms with E-state index in [1.165, 1.54) is 16.9 Å². The van der Waals surface area contributed by atoms with Crippen LogP contribution >= 0.6 is 11.3 Å². The number of anilines is 1. The molecule has 2 aromatic heterocycles. The van der Waals surface area contributed by atoms with Crippen LogP contribution in [0.3, 0.4) is 0 Å². The minimum atomic E-state index is 0.0702. The van der Waals surface area contributed by atoms with Crippen LogP contribution in [-0.4, -0.2) is 20.1 Å². The van der Waals surface area contributed by atoms with E-state index in [9.17, 15) is 5.11 Å². The van der Waals surface area contributed by atoms with E-state index in [-0.39, 0.29) is 6.61 Å². The topological polar surface area (TPSA) is 70.9 Å². The zero-order chi connectivity index (χ0) is 14.8. The minimum Gasteiger partial charge on any atom is -0.392 e. The molecule has 1 aromatic carbocycles. The number of hydrogen-bond donors (Lipinski definition) is 2. The summed E-state index contributed by atoms with van der Waals surface area (Å²) in [7, 11) is 0. The lowest BCUT2D eigenvalue weighted by atomic mass is 9.99. The molecule has 0 radical (unpaired) electrons. The van der Waals surface area contributed by atoms with Gasteiger partial charge in [0.1, 0.15) is 16.7 Å². The van der Waals surface area contributed by atoms with Gasteiger partial charge >= 0.3 is 0 Å². The highest BCUT2D eigenvalue weighted by Crippen LogP contribution is 2.23. The molecule has 0 bridgehead atoms. The van der Waals surface area contributed by atoms with E-state index < -0.39 is 0 Å². The number of thiazole rings is 1. The summed E-state index contributed by atoms with van der Waals surface area (Å²) in [4.78, 5) is 13.6. The molecule has 21 heavy (non-hydrogen) atoms. The summed E-state index contributed by atoms with van der Waals surface area (Å²) in [6.07, 6.45) is 1.55. The summed E-state index contributed by atoms with van der Waals surface area (Å²) in [5.41, 5.74) is 7.07. The first-order valence-electron chi connectivity index (χ1n) is 6.67. The number of nitrogens with zero attached hydrogens (tertiary/aromatic N) is 3. The Bertz CT molecular complexity index is 761. The van der Waals surface area contributed by atoms with Crippen molar-refractivity contribution in [1.29, 1.82) is 0 Å². The average Bonchev–Trinajstić information content (AvgIpc) is 2.95. The molecule has 5 nitrogen and oxygen atoms in total. The number of nitrogens with one attached hydrogen (secondary N) is 1. The number of hydrogen-bond acceptors (Lipinski definition) is 6. The highest BCUT2D eigenvalue weighted by Gasteiger charge is 2.09. The third-order valence-corrected chi connectivity index (χ3v) is 4.24. The van der Waals surface area contributed by atoms with Gasteiger partial charge in [0.15, 0.2) is 5.82 Å². The Morgan fingerprint density at radius 2 is 1.90 bits per heavy atom. The fraction of sp³-hybridized carbons (Fsp3) is 0.267. The molecule has 0 saturated heterocycles. The van der Waals surface area contributed by atoms with Crippen molar-refractivity contribution >= 4 is 27.5 Å². The van der Waals surface area contributed by atoms with Crippen molar-refractivity contribution in [3.8, 4) is 0 Å². The first-order chi connectivity index (χ1) is 10.2. The Labute approximate surface area is 126 Å². The Morgan fingerprint density at radius 3 is 2.62 bits per heavy atom. The molecule has 0 aliphatic carbocycles. The lowest BCUT2D eigenvalue weighted by molar-refractivity contribution is 0.281. The van der Waals surface area contributed by atoms with Crippen molar-refractivity contribution in [2.24, 2.45) is 0 Å². The van der Waals surface area contributed by atoms with Crippen LogP contribution in [0.5, 0.6) is 0 Å². The third-order valence-electron chi connectivity index (χ3n) is 3.51. The second-order valence-electron chi connectivity index (χ2n) is 4.95. The van der Waals surface area contributed by atoms with Gasteiger partial charge in [0, 0.05) is 6.54 Å². The van der Waals surface area contributed by atoms with Crippen LogP contribution in [0.15, 0.2) is 24.0 Å². The van der Waals surface area contributed by atoms with E-state index in [0.29, 0.717) is 6.54 Å². The molecule has 2 heterocycles. The third kappa shape index (κ3) is 2.72. The second kappa shape index (κ2) is 5.75. The SMILES string of the molecule is Cc1cc(CO)cc(C)c1CNc1ncnc2scnc12. The van der Waals surface area contributed by atoms with Gasteiger partial charge in [0.2, 0.25) is 0 Å². The van der Waals surface area contributed by atoms with Crippen LogP contribution in [0.4, 0.5) is 5.82 Å². The number of aliphatic hydroxyl groups excluding tert-OH is 1. The highest BCUT2D eigenvalue weighted by molar-refractivity contribution is 7.16. The summed E-state index contributed by atoms with van der Waals surface area (Å²) in [6.45, 7) is 4.86. The maximum absolute atomic E-state index is 9.24. The van der Waals surface area contributed by atoms with Gasteiger partial charge < -0.3 is 10.4 Å². The van der Waals surface area contributed by atoms with Gasteiger partial charge in [0.05, 0.1) is 12.1 Å². The van der Waals surface area contributed by atoms with E-state index >= 15 is 0 Å². The predicted octanol–water partition coefficient (Wildman–Crippen LogP) is 2.81. The van der Waals surface area contributed by atoms with Gasteiger partial charge in [-0.2, -0.15) is 0 Å². The van der Waals surface area contributed by atoms with Crippen molar-refractivity contribution in [3.05, 3.63) is 46.2 Å². The molecule has 0 fully saturated rings. The standard InChI is InChI=1S/C15H16N4OS/c1-9-3-11(6-20)4-10(2)12(9)5-16-14-13-15(18-7-17-14)21-8-19-13/h3-4,7-8,20H,5-6H2,1-2H3,(H,16,17,18). The number of aryl methyl sites for hydroxylation is 2. The molecular weight excluding hydrogens is 284 g/mol.